The van der Waals surface area contributed by atoms with Crippen LogP contribution < -0.4 is 10.9 Å². The molecule has 3 rings (SSSR count). The molecule has 136 valence electrons. The Kier molecular flexibility index (Phi) is 5.82. The third-order valence-corrected chi connectivity index (χ3v) is 4.32. The zero-order chi connectivity index (χ0) is 18.5. The minimum Gasteiger partial charge on any atom is -0.354 e. The highest BCUT2D eigenvalue weighted by molar-refractivity contribution is 7.98. The van der Waals surface area contributed by atoms with Crippen molar-refractivity contribution in [3.8, 4) is 5.69 Å². The van der Waals surface area contributed by atoms with Gasteiger partial charge < -0.3 is 14.8 Å². The fourth-order valence-electron chi connectivity index (χ4n) is 2.43. The van der Waals surface area contributed by atoms with Gasteiger partial charge in [-0.1, -0.05) is 30.0 Å². The summed E-state index contributed by atoms with van der Waals surface area (Å²) in [6.45, 7) is 0.318. The number of para-hydroxylation sites is 1. The van der Waals surface area contributed by atoms with E-state index in [2.05, 4.69) is 20.3 Å². The Hall–Kier alpha value is -2.49. The SMILES string of the molecule is COC(CNc1nc2nc(SC)ncc2c(=O)n1-c1ccccc1)OC. The zero-order valence-electron chi connectivity index (χ0n) is 14.7. The van der Waals surface area contributed by atoms with E-state index in [-0.39, 0.29) is 5.56 Å². The first-order valence-corrected chi connectivity index (χ1v) is 9.09. The van der Waals surface area contributed by atoms with Crippen molar-refractivity contribution in [2.75, 3.05) is 32.3 Å². The Bertz CT molecular complexity index is 944. The molecule has 0 spiro atoms. The fraction of sp³-hybridized carbons (Fsp3) is 0.294. The molecule has 0 fully saturated rings. The van der Waals surface area contributed by atoms with Gasteiger partial charge in [0.2, 0.25) is 5.95 Å². The van der Waals surface area contributed by atoms with Crippen molar-refractivity contribution in [3.63, 3.8) is 0 Å². The summed E-state index contributed by atoms with van der Waals surface area (Å²) in [4.78, 5) is 26.1. The number of anilines is 1. The number of fused-ring (bicyclic) bond motifs is 1. The molecule has 1 N–H and O–H groups in total. The van der Waals surface area contributed by atoms with E-state index in [4.69, 9.17) is 9.47 Å². The van der Waals surface area contributed by atoms with Crippen molar-refractivity contribution in [3.05, 3.63) is 46.9 Å². The molecule has 0 aliphatic rings. The molecule has 0 aliphatic heterocycles. The number of benzene rings is 1. The van der Waals surface area contributed by atoms with E-state index >= 15 is 0 Å². The number of thioether (sulfide) groups is 1. The third-order valence-electron chi connectivity index (χ3n) is 3.75. The second-order valence-electron chi connectivity index (χ2n) is 5.29. The number of nitrogens with zero attached hydrogens (tertiary/aromatic N) is 4. The van der Waals surface area contributed by atoms with Crippen LogP contribution in [0.25, 0.3) is 16.7 Å². The molecular formula is C17H19N5O3S. The van der Waals surface area contributed by atoms with E-state index < -0.39 is 6.29 Å². The molecule has 3 aromatic rings. The van der Waals surface area contributed by atoms with Crippen molar-refractivity contribution in [2.45, 2.75) is 11.4 Å². The van der Waals surface area contributed by atoms with Crippen LogP contribution in [0.1, 0.15) is 0 Å². The van der Waals surface area contributed by atoms with Gasteiger partial charge in [-0.05, 0) is 18.4 Å². The maximum absolute atomic E-state index is 13.1. The average molecular weight is 373 g/mol. The lowest BCUT2D eigenvalue weighted by Gasteiger charge is -2.18. The standard InChI is InChI=1S/C17H19N5O3S/c1-24-13(25-2)10-18-16-20-14-12(9-19-17(21-14)26-3)15(23)22(16)11-7-5-4-6-8-11/h4-9,13H,10H2,1-3H3,(H,18,19,20,21). The van der Waals surface area contributed by atoms with Gasteiger partial charge in [0.25, 0.3) is 5.56 Å². The summed E-state index contributed by atoms with van der Waals surface area (Å²) in [7, 11) is 3.10. The van der Waals surface area contributed by atoms with Gasteiger partial charge in [0.15, 0.2) is 17.1 Å². The second-order valence-corrected chi connectivity index (χ2v) is 6.06. The highest BCUT2D eigenvalue weighted by atomic mass is 32.2. The first-order chi connectivity index (χ1) is 12.7. The molecular weight excluding hydrogens is 354 g/mol. The van der Waals surface area contributed by atoms with Gasteiger partial charge in [-0.3, -0.25) is 4.79 Å². The summed E-state index contributed by atoms with van der Waals surface area (Å²) < 4.78 is 11.9. The summed E-state index contributed by atoms with van der Waals surface area (Å²) in [5.74, 6) is 0.360. The summed E-state index contributed by atoms with van der Waals surface area (Å²) >= 11 is 1.39. The predicted octanol–water partition coefficient (Wildman–Crippen LogP) is 1.93. The lowest BCUT2D eigenvalue weighted by Crippen LogP contribution is -2.29. The molecule has 0 bridgehead atoms. The smallest absolute Gasteiger partial charge is 0.270 e. The Morgan fingerprint density at radius 2 is 1.92 bits per heavy atom. The van der Waals surface area contributed by atoms with Crippen LogP contribution in [0.15, 0.2) is 46.5 Å². The van der Waals surface area contributed by atoms with Gasteiger partial charge in [0, 0.05) is 20.4 Å². The van der Waals surface area contributed by atoms with Crippen LogP contribution >= 0.6 is 11.8 Å². The highest BCUT2D eigenvalue weighted by Gasteiger charge is 2.16. The van der Waals surface area contributed by atoms with Crippen molar-refractivity contribution in [1.82, 2.24) is 19.5 Å². The summed E-state index contributed by atoms with van der Waals surface area (Å²) in [6, 6.07) is 9.27. The van der Waals surface area contributed by atoms with E-state index in [1.54, 1.807) is 14.2 Å². The van der Waals surface area contributed by atoms with Crippen LogP contribution in [0, 0.1) is 0 Å². The number of methoxy groups -OCH3 is 2. The van der Waals surface area contributed by atoms with Crippen molar-refractivity contribution in [1.29, 1.82) is 0 Å². The van der Waals surface area contributed by atoms with Crippen LogP contribution in [0.2, 0.25) is 0 Å². The number of nitrogens with one attached hydrogen (secondary N) is 1. The molecule has 1 aromatic carbocycles. The molecule has 0 aliphatic carbocycles. The molecule has 0 saturated carbocycles. The number of hydrogen-bond donors (Lipinski definition) is 1. The van der Waals surface area contributed by atoms with Gasteiger partial charge in [-0.2, -0.15) is 4.98 Å². The lowest BCUT2D eigenvalue weighted by molar-refractivity contribution is -0.0915. The molecule has 0 amide bonds. The monoisotopic (exact) mass is 373 g/mol. The molecule has 2 heterocycles. The van der Waals surface area contributed by atoms with Crippen LogP contribution in [0.4, 0.5) is 5.95 Å². The number of hydrogen-bond acceptors (Lipinski definition) is 8. The second kappa shape index (κ2) is 8.26. The number of aromatic nitrogens is 4. The van der Waals surface area contributed by atoms with E-state index in [1.165, 1.54) is 22.5 Å². The highest BCUT2D eigenvalue weighted by Crippen LogP contribution is 2.17. The van der Waals surface area contributed by atoms with Crippen LogP contribution in [0.3, 0.4) is 0 Å². The topological polar surface area (TPSA) is 91.2 Å². The molecule has 0 radical (unpaired) electrons. The Labute approximate surface area is 154 Å². The first-order valence-electron chi connectivity index (χ1n) is 7.86. The largest absolute Gasteiger partial charge is 0.354 e. The van der Waals surface area contributed by atoms with Gasteiger partial charge in [0.1, 0.15) is 5.39 Å². The maximum atomic E-state index is 13.1. The van der Waals surface area contributed by atoms with E-state index in [1.807, 2.05) is 36.6 Å². The molecule has 2 aromatic heterocycles. The molecule has 9 heteroatoms. The normalized spacial score (nSPS) is 11.2. The van der Waals surface area contributed by atoms with E-state index in [0.29, 0.717) is 34.4 Å². The predicted molar refractivity (Wildman–Crippen MR) is 101 cm³/mol. The fourth-order valence-corrected chi connectivity index (χ4v) is 2.77. The molecule has 0 unspecified atom stereocenters. The van der Waals surface area contributed by atoms with Crippen LogP contribution in [-0.4, -0.2) is 52.8 Å². The summed E-state index contributed by atoms with van der Waals surface area (Å²) in [6.07, 6.45) is 2.91. The average Bonchev–Trinajstić information content (AvgIpc) is 2.69. The molecule has 0 saturated heterocycles. The zero-order valence-corrected chi connectivity index (χ0v) is 15.5. The first kappa shape index (κ1) is 18.3. The van der Waals surface area contributed by atoms with Crippen LogP contribution in [-0.2, 0) is 9.47 Å². The maximum Gasteiger partial charge on any atom is 0.270 e. The van der Waals surface area contributed by atoms with E-state index in [9.17, 15) is 4.79 Å². The van der Waals surface area contributed by atoms with E-state index in [0.717, 1.165) is 0 Å². The van der Waals surface area contributed by atoms with Gasteiger partial charge in [0.05, 0.1) is 12.2 Å². The minimum absolute atomic E-state index is 0.247. The van der Waals surface area contributed by atoms with Crippen molar-refractivity contribution in [2.24, 2.45) is 0 Å². The minimum atomic E-state index is -0.473. The summed E-state index contributed by atoms with van der Waals surface area (Å²) in [5, 5.41) is 4.03. The van der Waals surface area contributed by atoms with Gasteiger partial charge in [-0.15, -0.1) is 0 Å². The van der Waals surface area contributed by atoms with Crippen molar-refractivity contribution >= 4 is 28.7 Å². The third kappa shape index (κ3) is 3.69. The molecule has 0 atom stereocenters. The molecule has 26 heavy (non-hydrogen) atoms. The lowest BCUT2D eigenvalue weighted by atomic mass is 10.3. The molecule has 8 nitrogen and oxygen atoms in total. The van der Waals surface area contributed by atoms with Crippen molar-refractivity contribution < 1.29 is 9.47 Å². The summed E-state index contributed by atoms with van der Waals surface area (Å²) in [5.41, 5.74) is 0.785. The van der Waals surface area contributed by atoms with Gasteiger partial charge in [-0.25, -0.2) is 14.5 Å². The van der Waals surface area contributed by atoms with Gasteiger partial charge >= 0.3 is 0 Å². The number of rotatable bonds is 7. The Morgan fingerprint density at radius 3 is 2.58 bits per heavy atom. The Morgan fingerprint density at radius 1 is 1.19 bits per heavy atom. The van der Waals surface area contributed by atoms with Crippen LogP contribution in [0.5, 0.6) is 0 Å². The quantitative estimate of drug-likeness (QED) is 0.382. The number of ether oxygens (including phenoxy) is 2. The Balaban J connectivity index is 2.16.